The second-order valence-corrected chi connectivity index (χ2v) is 6.06. The lowest BCUT2D eigenvalue weighted by molar-refractivity contribution is -0.0300. The lowest BCUT2D eigenvalue weighted by atomic mass is 10.1. The number of ether oxygens (including phenoxy) is 4. The summed E-state index contributed by atoms with van der Waals surface area (Å²) < 4.78 is 22.1. The van der Waals surface area contributed by atoms with Gasteiger partial charge in [0.2, 0.25) is 0 Å². The lowest BCUT2D eigenvalue weighted by Gasteiger charge is -2.22. The van der Waals surface area contributed by atoms with Gasteiger partial charge in [-0.2, -0.15) is 0 Å². The Labute approximate surface area is 148 Å². The van der Waals surface area contributed by atoms with Crippen molar-refractivity contribution in [3.8, 4) is 11.5 Å². The van der Waals surface area contributed by atoms with Crippen molar-refractivity contribution in [1.29, 1.82) is 0 Å². The van der Waals surface area contributed by atoms with Crippen LogP contribution in [0.4, 0.5) is 0 Å². The molecule has 1 heterocycles. The molecule has 1 fully saturated rings. The van der Waals surface area contributed by atoms with Gasteiger partial charge in [0.05, 0.1) is 29.9 Å². The molecule has 0 aromatic heterocycles. The summed E-state index contributed by atoms with van der Waals surface area (Å²) >= 11 is 6.26. The SMILES string of the molecule is CCCOc1c(Cl)cc(C(=O)OCC2CCCCO2)cc1OCC. The van der Waals surface area contributed by atoms with Crippen LogP contribution in [0.15, 0.2) is 12.1 Å². The van der Waals surface area contributed by atoms with E-state index in [2.05, 4.69) is 0 Å². The van der Waals surface area contributed by atoms with Crippen LogP contribution in [0.2, 0.25) is 5.02 Å². The normalized spacial score (nSPS) is 17.4. The van der Waals surface area contributed by atoms with Gasteiger partial charge < -0.3 is 18.9 Å². The van der Waals surface area contributed by atoms with Crippen LogP contribution in [-0.2, 0) is 9.47 Å². The summed E-state index contributed by atoms with van der Waals surface area (Å²) in [6, 6.07) is 3.17. The molecule has 0 aliphatic carbocycles. The summed E-state index contributed by atoms with van der Waals surface area (Å²) in [5.74, 6) is 0.487. The largest absolute Gasteiger partial charge is 0.490 e. The number of hydrogen-bond acceptors (Lipinski definition) is 5. The third-order valence-electron chi connectivity index (χ3n) is 3.67. The van der Waals surface area contributed by atoms with Gasteiger partial charge in [0, 0.05) is 6.61 Å². The Morgan fingerprint density at radius 2 is 2.12 bits per heavy atom. The highest BCUT2D eigenvalue weighted by molar-refractivity contribution is 6.32. The molecule has 2 rings (SSSR count). The van der Waals surface area contributed by atoms with Gasteiger partial charge in [-0.25, -0.2) is 4.79 Å². The minimum absolute atomic E-state index is 0.0169. The molecule has 0 N–H and O–H groups in total. The number of esters is 1. The molecule has 0 bridgehead atoms. The molecule has 0 spiro atoms. The number of halogens is 1. The highest BCUT2D eigenvalue weighted by atomic mass is 35.5. The standard InChI is InChI=1S/C18H25ClO5/c1-3-8-23-17-15(19)10-13(11-16(17)21-4-2)18(20)24-12-14-7-5-6-9-22-14/h10-11,14H,3-9,12H2,1-2H3. The summed E-state index contributed by atoms with van der Waals surface area (Å²) in [5, 5.41) is 0.343. The van der Waals surface area contributed by atoms with Crippen molar-refractivity contribution in [3.05, 3.63) is 22.7 Å². The first-order valence-electron chi connectivity index (χ1n) is 8.53. The summed E-state index contributed by atoms with van der Waals surface area (Å²) in [6.45, 7) is 5.84. The van der Waals surface area contributed by atoms with Gasteiger partial charge in [-0.15, -0.1) is 0 Å². The Hall–Kier alpha value is -1.46. The van der Waals surface area contributed by atoms with Crippen molar-refractivity contribution in [3.63, 3.8) is 0 Å². The molecular weight excluding hydrogens is 332 g/mol. The van der Waals surface area contributed by atoms with E-state index in [4.69, 9.17) is 30.5 Å². The number of rotatable bonds is 8. The maximum absolute atomic E-state index is 12.3. The fourth-order valence-electron chi connectivity index (χ4n) is 2.48. The van der Waals surface area contributed by atoms with E-state index >= 15 is 0 Å². The highest BCUT2D eigenvalue weighted by Gasteiger charge is 2.20. The van der Waals surface area contributed by atoms with E-state index in [0.29, 0.717) is 35.3 Å². The van der Waals surface area contributed by atoms with Crippen molar-refractivity contribution >= 4 is 17.6 Å². The maximum atomic E-state index is 12.3. The van der Waals surface area contributed by atoms with E-state index in [-0.39, 0.29) is 12.7 Å². The van der Waals surface area contributed by atoms with Crippen LogP contribution in [0.25, 0.3) is 0 Å². The first-order valence-corrected chi connectivity index (χ1v) is 8.91. The maximum Gasteiger partial charge on any atom is 0.338 e. The summed E-state index contributed by atoms with van der Waals surface area (Å²) in [5.41, 5.74) is 0.350. The number of hydrogen-bond donors (Lipinski definition) is 0. The Morgan fingerprint density at radius 1 is 1.29 bits per heavy atom. The molecule has 1 aromatic carbocycles. The van der Waals surface area contributed by atoms with Crippen LogP contribution >= 0.6 is 11.6 Å². The van der Waals surface area contributed by atoms with Crippen LogP contribution in [-0.4, -0.2) is 38.5 Å². The third-order valence-corrected chi connectivity index (χ3v) is 3.95. The molecule has 1 unspecified atom stereocenters. The molecule has 0 saturated carbocycles. The van der Waals surface area contributed by atoms with Crippen molar-refractivity contribution in [2.24, 2.45) is 0 Å². The van der Waals surface area contributed by atoms with Crippen LogP contribution in [0, 0.1) is 0 Å². The van der Waals surface area contributed by atoms with Gasteiger partial charge in [-0.3, -0.25) is 0 Å². The zero-order chi connectivity index (χ0) is 17.4. The van der Waals surface area contributed by atoms with E-state index in [9.17, 15) is 4.79 Å². The molecule has 134 valence electrons. The topological polar surface area (TPSA) is 54.0 Å². The van der Waals surface area contributed by atoms with Crippen LogP contribution in [0.1, 0.15) is 49.9 Å². The molecule has 6 heteroatoms. The summed E-state index contributed by atoms with van der Waals surface area (Å²) in [7, 11) is 0. The van der Waals surface area contributed by atoms with Gasteiger partial charge in [-0.05, 0) is 44.7 Å². The predicted octanol–water partition coefficient (Wildman–Crippen LogP) is 4.25. The Balaban J connectivity index is 2.06. The van der Waals surface area contributed by atoms with E-state index < -0.39 is 5.97 Å². The van der Waals surface area contributed by atoms with Gasteiger partial charge in [0.25, 0.3) is 0 Å². The first-order chi connectivity index (χ1) is 11.7. The molecular formula is C18H25ClO5. The fourth-order valence-corrected chi connectivity index (χ4v) is 2.75. The average Bonchev–Trinajstić information content (AvgIpc) is 2.60. The van der Waals surface area contributed by atoms with Crippen molar-refractivity contribution in [1.82, 2.24) is 0 Å². The van der Waals surface area contributed by atoms with E-state index in [1.54, 1.807) is 12.1 Å². The molecule has 1 aromatic rings. The molecule has 5 nitrogen and oxygen atoms in total. The molecule has 24 heavy (non-hydrogen) atoms. The molecule has 1 aliphatic rings. The first kappa shape index (κ1) is 18.9. The van der Waals surface area contributed by atoms with Crippen molar-refractivity contribution in [2.75, 3.05) is 26.4 Å². The zero-order valence-electron chi connectivity index (χ0n) is 14.3. The summed E-state index contributed by atoms with van der Waals surface area (Å²) in [6.07, 6.45) is 3.93. The lowest BCUT2D eigenvalue weighted by Crippen LogP contribution is -2.26. The quantitative estimate of drug-likeness (QED) is 0.651. The van der Waals surface area contributed by atoms with Crippen LogP contribution in [0.5, 0.6) is 11.5 Å². The minimum atomic E-state index is -0.436. The average molecular weight is 357 g/mol. The number of carbonyl (C=O) groups is 1. The van der Waals surface area contributed by atoms with E-state index in [1.807, 2.05) is 13.8 Å². The van der Waals surface area contributed by atoms with Gasteiger partial charge in [0.1, 0.15) is 6.61 Å². The molecule has 1 atom stereocenters. The number of benzene rings is 1. The Kier molecular flexibility index (Phi) is 7.66. The monoisotopic (exact) mass is 356 g/mol. The van der Waals surface area contributed by atoms with Crippen molar-refractivity contribution < 1.29 is 23.7 Å². The fraction of sp³-hybridized carbons (Fsp3) is 0.611. The van der Waals surface area contributed by atoms with E-state index in [1.165, 1.54) is 0 Å². The van der Waals surface area contributed by atoms with Gasteiger partial charge in [-0.1, -0.05) is 18.5 Å². The predicted molar refractivity (Wildman–Crippen MR) is 92.3 cm³/mol. The molecule has 1 saturated heterocycles. The summed E-state index contributed by atoms with van der Waals surface area (Å²) in [4.78, 5) is 12.3. The molecule has 0 amide bonds. The van der Waals surface area contributed by atoms with Crippen LogP contribution in [0.3, 0.4) is 0 Å². The molecule has 0 radical (unpaired) electrons. The zero-order valence-corrected chi connectivity index (χ0v) is 15.1. The third kappa shape index (κ3) is 5.28. The molecule has 1 aliphatic heterocycles. The van der Waals surface area contributed by atoms with Crippen molar-refractivity contribution in [2.45, 2.75) is 45.6 Å². The Bertz CT molecular complexity index is 540. The minimum Gasteiger partial charge on any atom is -0.490 e. The second kappa shape index (κ2) is 9.74. The van der Waals surface area contributed by atoms with E-state index in [0.717, 1.165) is 32.3 Å². The van der Waals surface area contributed by atoms with Crippen LogP contribution < -0.4 is 9.47 Å². The van der Waals surface area contributed by atoms with Gasteiger partial charge >= 0.3 is 5.97 Å². The second-order valence-electron chi connectivity index (χ2n) is 5.65. The smallest absolute Gasteiger partial charge is 0.338 e. The number of carbonyl (C=O) groups excluding carboxylic acids is 1. The van der Waals surface area contributed by atoms with Gasteiger partial charge in [0.15, 0.2) is 11.5 Å². The Morgan fingerprint density at radius 3 is 2.79 bits per heavy atom. The highest BCUT2D eigenvalue weighted by Crippen LogP contribution is 2.37.